The normalized spacial score (nSPS) is 20.9. The van der Waals surface area contributed by atoms with Gasteiger partial charge in [-0.05, 0) is 25.3 Å². The van der Waals surface area contributed by atoms with Crippen LogP contribution in [0.25, 0.3) is 0 Å². The van der Waals surface area contributed by atoms with Crippen LogP contribution in [0, 0.1) is 5.41 Å². The van der Waals surface area contributed by atoms with Gasteiger partial charge < -0.3 is 5.32 Å². The molecule has 1 aliphatic carbocycles. The minimum absolute atomic E-state index is 0.172. The largest absolute Gasteiger partial charge is 0.315 e. The zero-order valence-corrected chi connectivity index (χ0v) is 12.8. The summed E-state index contributed by atoms with van der Waals surface area (Å²) in [6, 6.07) is 0.866. The van der Waals surface area contributed by atoms with Crippen LogP contribution < -0.4 is 5.32 Å². The molecule has 0 aromatic rings. The van der Waals surface area contributed by atoms with Gasteiger partial charge >= 0.3 is 0 Å². The molecule has 0 aliphatic heterocycles. The van der Waals surface area contributed by atoms with Crippen LogP contribution in [0.15, 0.2) is 0 Å². The van der Waals surface area contributed by atoms with Crippen LogP contribution >= 0.6 is 0 Å². The molecule has 0 spiro atoms. The van der Waals surface area contributed by atoms with Crippen molar-refractivity contribution in [2.75, 3.05) is 27.7 Å². The van der Waals surface area contributed by atoms with E-state index in [9.17, 15) is 4.21 Å². The van der Waals surface area contributed by atoms with Crippen LogP contribution in [0.1, 0.15) is 33.6 Å². The summed E-state index contributed by atoms with van der Waals surface area (Å²) >= 11 is -1.01. The topological polar surface area (TPSA) is 35.6 Å². The second-order valence-corrected chi connectivity index (χ2v) is 7.69. The van der Waals surface area contributed by atoms with Crippen LogP contribution in [0.4, 0.5) is 0 Å². The maximum atomic E-state index is 12.2. The average Bonchev–Trinajstić information content (AvgIpc) is 3.05. The van der Waals surface area contributed by atoms with Gasteiger partial charge in [0.05, 0.1) is 0 Å². The van der Waals surface area contributed by atoms with Crippen LogP contribution in [-0.2, 0) is 11.2 Å². The van der Waals surface area contributed by atoms with Gasteiger partial charge in [-0.1, -0.05) is 20.8 Å². The highest BCUT2D eigenvalue weighted by Gasteiger charge is 2.33. The third-order valence-corrected chi connectivity index (χ3v) is 4.88. The Morgan fingerprint density at radius 2 is 1.88 bits per heavy atom. The van der Waals surface area contributed by atoms with Gasteiger partial charge in [0.1, 0.15) is 0 Å². The first-order chi connectivity index (χ1) is 7.77. The molecule has 0 aromatic carbocycles. The zero-order valence-electron chi connectivity index (χ0n) is 12.0. The van der Waals surface area contributed by atoms with Crippen LogP contribution in [0.5, 0.6) is 0 Å². The quantitative estimate of drug-likeness (QED) is 0.780. The maximum absolute atomic E-state index is 12.2. The number of rotatable bonds is 6. The predicted octanol–water partition coefficient (Wildman–Crippen LogP) is 1.23. The highest BCUT2D eigenvalue weighted by atomic mass is 32.2. The van der Waals surface area contributed by atoms with E-state index >= 15 is 0 Å². The van der Waals surface area contributed by atoms with E-state index in [4.69, 9.17) is 0 Å². The summed E-state index contributed by atoms with van der Waals surface area (Å²) in [4.78, 5) is 0. The second kappa shape index (κ2) is 5.78. The highest BCUT2D eigenvalue weighted by Crippen LogP contribution is 2.27. The van der Waals surface area contributed by atoms with Crippen LogP contribution in [-0.4, -0.2) is 52.6 Å². The number of hydrogen-bond donors (Lipinski definition) is 1. The Morgan fingerprint density at radius 3 is 2.24 bits per heavy atom. The molecule has 2 unspecified atom stereocenters. The van der Waals surface area contributed by atoms with E-state index in [-0.39, 0.29) is 5.41 Å². The fourth-order valence-electron chi connectivity index (χ4n) is 1.90. The minimum atomic E-state index is -1.01. The molecule has 0 aromatic heterocycles. The van der Waals surface area contributed by atoms with Gasteiger partial charge in [0, 0.05) is 32.7 Å². The van der Waals surface area contributed by atoms with Gasteiger partial charge in [0.25, 0.3) is 0 Å². The molecular formula is C12H27N3OS. The number of hydrogen-bond acceptors (Lipinski definition) is 2. The van der Waals surface area contributed by atoms with E-state index in [0.29, 0.717) is 12.1 Å². The second-order valence-electron chi connectivity index (χ2n) is 6.03. The fourth-order valence-corrected chi connectivity index (χ4v) is 3.09. The van der Waals surface area contributed by atoms with E-state index in [1.807, 2.05) is 29.8 Å². The van der Waals surface area contributed by atoms with Crippen molar-refractivity contribution in [2.24, 2.45) is 5.41 Å². The first kappa shape index (κ1) is 15.1. The summed E-state index contributed by atoms with van der Waals surface area (Å²) in [6.45, 7) is 7.41. The third kappa shape index (κ3) is 4.32. The SMILES string of the molecule is CNC(CN(C)S(=O)N(C)C1CC1)C(C)(C)C. The van der Waals surface area contributed by atoms with Gasteiger partial charge in [-0.2, -0.15) is 0 Å². The van der Waals surface area contributed by atoms with Crippen molar-refractivity contribution in [2.45, 2.75) is 45.7 Å². The van der Waals surface area contributed by atoms with E-state index in [0.717, 1.165) is 6.54 Å². The smallest absolute Gasteiger partial charge is 0.172 e. The molecule has 1 aliphatic rings. The first-order valence-corrected chi connectivity index (χ1v) is 7.37. The molecule has 2 atom stereocenters. The van der Waals surface area contributed by atoms with Gasteiger partial charge in [-0.25, -0.2) is 12.8 Å². The molecule has 0 amide bonds. The van der Waals surface area contributed by atoms with Crippen molar-refractivity contribution >= 4 is 11.2 Å². The molecular weight excluding hydrogens is 234 g/mol. The molecule has 0 saturated heterocycles. The number of nitrogens with one attached hydrogen (secondary N) is 1. The molecule has 5 heteroatoms. The Balaban J connectivity index is 2.51. The molecule has 17 heavy (non-hydrogen) atoms. The first-order valence-electron chi connectivity index (χ1n) is 6.30. The van der Waals surface area contributed by atoms with Crippen molar-refractivity contribution in [3.8, 4) is 0 Å². The molecule has 4 nitrogen and oxygen atoms in total. The molecule has 0 bridgehead atoms. The predicted molar refractivity (Wildman–Crippen MR) is 73.9 cm³/mol. The van der Waals surface area contributed by atoms with Crippen LogP contribution in [0.2, 0.25) is 0 Å². The van der Waals surface area contributed by atoms with E-state index in [1.165, 1.54) is 12.8 Å². The Bertz CT molecular complexity index is 273. The summed E-state index contributed by atoms with van der Waals surface area (Å²) in [5, 5.41) is 3.32. The molecule has 1 fully saturated rings. The minimum Gasteiger partial charge on any atom is -0.315 e. The summed E-state index contributed by atoms with van der Waals surface area (Å²) in [7, 11) is 5.86. The maximum Gasteiger partial charge on any atom is 0.172 e. The number of nitrogens with zero attached hydrogens (tertiary/aromatic N) is 2. The Labute approximate surface area is 108 Å². The highest BCUT2D eigenvalue weighted by molar-refractivity contribution is 7.80. The van der Waals surface area contributed by atoms with Crippen molar-refractivity contribution < 1.29 is 4.21 Å². The summed E-state index contributed by atoms with van der Waals surface area (Å²) in [6.07, 6.45) is 2.37. The van der Waals surface area contributed by atoms with E-state index in [1.54, 1.807) is 0 Å². The van der Waals surface area contributed by atoms with Gasteiger partial charge in [-0.15, -0.1) is 0 Å². The van der Waals surface area contributed by atoms with Crippen molar-refractivity contribution in [1.29, 1.82) is 0 Å². The van der Waals surface area contributed by atoms with Gasteiger partial charge in [0.15, 0.2) is 11.2 Å². The zero-order chi connectivity index (χ0) is 13.2. The molecule has 1 N–H and O–H groups in total. The summed E-state index contributed by atoms with van der Waals surface area (Å²) in [5.41, 5.74) is 0.172. The van der Waals surface area contributed by atoms with Gasteiger partial charge in [0.2, 0.25) is 0 Å². The fraction of sp³-hybridized carbons (Fsp3) is 1.00. The molecule has 102 valence electrons. The van der Waals surface area contributed by atoms with Crippen LogP contribution in [0.3, 0.4) is 0 Å². The number of likely N-dealkylation sites (N-methyl/N-ethyl adjacent to an activating group) is 2. The van der Waals surface area contributed by atoms with Crippen molar-refractivity contribution in [1.82, 2.24) is 13.9 Å². The lowest BCUT2D eigenvalue weighted by atomic mass is 9.87. The molecule has 1 rings (SSSR count). The lowest BCUT2D eigenvalue weighted by Gasteiger charge is -2.34. The van der Waals surface area contributed by atoms with E-state index < -0.39 is 11.2 Å². The monoisotopic (exact) mass is 261 g/mol. The Morgan fingerprint density at radius 1 is 1.35 bits per heavy atom. The van der Waals surface area contributed by atoms with E-state index in [2.05, 4.69) is 26.1 Å². The lowest BCUT2D eigenvalue weighted by molar-refractivity contribution is 0.246. The molecule has 1 saturated carbocycles. The standard InChI is InChI=1S/C12H27N3OS/c1-12(2,3)11(13-4)9-14(5)17(16)15(6)10-7-8-10/h10-11,13H,7-9H2,1-6H3. The lowest BCUT2D eigenvalue weighted by Crippen LogP contribution is -2.48. The third-order valence-electron chi connectivity index (χ3n) is 3.41. The molecule has 0 radical (unpaired) electrons. The summed E-state index contributed by atoms with van der Waals surface area (Å²) in [5.74, 6) is 0. The van der Waals surface area contributed by atoms with Crippen molar-refractivity contribution in [3.05, 3.63) is 0 Å². The molecule has 0 heterocycles. The average molecular weight is 261 g/mol. The van der Waals surface area contributed by atoms with Gasteiger partial charge in [-0.3, -0.25) is 0 Å². The van der Waals surface area contributed by atoms with Crippen molar-refractivity contribution in [3.63, 3.8) is 0 Å². The Kier molecular flexibility index (Phi) is 5.13. The Hall–Kier alpha value is 0.0300. The summed E-state index contributed by atoms with van der Waals surface area (Å²) < 4.78 is 16.2.